The Bertz CT molecular complexity index is 785. The molecule has 1 N–H and O–H groups in total. The average molecular weight is 390 g/mol. The number of amides is 2. The van der Waals surface area contributed by atoms with Gasteiger partial charge >= 0.3 is 0 Å². The first kappa shape index (κ1) is 21.7. The largest absolute Gasteiger partial charge is 0.361 e. The van der Waals surface area contributed by atoms with Gasteiger partial charge in [-0.25, -0.2) is 0 Å². The fourth-order valence-corrected chi connectivity index (χ4v) is 3.10. The molecule has 2 rings (SSSR count). The van der Waals surface area contributed by atoms with Crippen LogP contribution < -0.4 is 5.32 Å². The first-order valence-corrected chi connectivity index (χ1v) is 9.56. The van der Waals surface area contributed by atoms with Gasteiger partial charge in [0.25, 0.3) is 0 Å². The summed E-state index contributed by atoms with van der Waals surface area (Å²) < 4.78 is 10.2. The molecular formula is C20H30N4O4. The molecule has 0 aliphatic carbocycles. The number of carbonyl (C=O) groups is 2. The standard InChI is InChI=1S/C20H30N4O4/c1-12(11-21-19(25)9-7-17-13(2)22-27-15(17)4)24(6)20(26)10-8-18-14(3)23-28-16(18)5/h12H,7-11H2,1-6H3,(H,21,25). The van der Waals surface area contributed by atoms with Crippen LogP contribution in [0.3, 0.4) is 0 Å². The molecule has 0 aliphatic rings. The molecule has 2 aromatic rings. The van der Waals surface area contributed by atoms with E-state index in [9.17, 15) is 9.59 Å². The van der Waals surface area contributed by atoms with Crippen LogP contribution in [0.25, 0.3) is 0 Å². The molecule has 0 saturated heterocycles. The minimum Gasteiger partial charge on any atom is -0.361 e. The number of rotatable bonds is 9. The van der Waals surface area contributed by atoms with Crippen molar-refractivity contribution in [2.24, 2.45) is 0 Å². The summed E-state index contributed by atoms with van der Waals surface area (Å²) in [5, 5.41) is 10.7. The van der Waals surface area contributed by atoms with Crippen molar-refractivity contribution in [2.45, 2.75) is 66.3 Å². The number of nitrogens with one attached hydrogen (secondary N) is 1. The molecule has 2 aromatic heterocycles. The molecular weight excluding hydrogens is 360 g/mol. The van der Waals surface area contributed by atoms with E-state index in [1.165, 1.54) is 0 Å². The Morgan fingerprint density at radius 2 is 1.46 bits per heavy atom. The SMILES string of the molecule is Cc1noc(C)c1CCC(=O)NCC(C)N(C)C(=O)CCc1c(C)noc1C. The predicted molar refractivity (Wildman–Crippen MR) is 104 cm³/mol. The highest BCUT2D eigenvalue weighted by Crippen LogP contribution is 2.16. The summed E-state index contributed by atoms with van der Waals surface area (Å²) >= 11 is 0. The summed E-state index contributed by atoms with van der Waals surface area (Å²) in [4.78, 5) is 26.3. The highest BCUT2D eigenvalue weighted by Gasteiger charge is 2.18. The first-order chi connectivity index (χ1) is 13.2. The number of carbonyl (C=O) groups excluding carboxylic acids is 2. The highest BCUT2D eigenvalue weighted by atomic mass is 16.5. The van der Waals surface area contributed by atoms with Crippen molar-refractivity contribution in [3.63, 3.8) is 0 Å². The number of nitrogens with zero attached hydrogens (tertiary/aromatic N) is 3. The fraction of sp³-hybridized carbons (Fsp3) is 0.600. The normalized spacial score (nSPS) is 12.1. The van der Waals surface area contributed by atoms with Gasteiger partial charge in [-0.2, -0.15) is 0 Å². The zero-order valence-corrected chi connectivity index (χ0v) is 17.6. The highest BCUT2D eigenvalue weighted by molar-refractivity contribution is 5.77. The lowest BCUT2D eigenvalue weighted by atomic mass is 10.1. The van der Waals surface area contributed by atoms with E-state index in [0.29, 0.717) is 32.2 Å². The van der Waals surface area contributed by atoms with E-state index in [4.69, 9.17) is 9.05 Å². The quantitative estimate of drug-likeness (QED) is 0.706. The molecule has 0 aliphatic heterocycles. The number of hydrogen-bond acceptors (Lipinski definition) is 6. The minimum atomic E-state index is -0.0971. The maximum atomic E-state index is 12.4. The van der Waals surface area contributed by atoms with Crippen molar-refractivity contribution in [1.82, 2.24) is 20.5 Å². The van der Waals surface area contributed by atoms with Crippen LogP contribution in [0.2, 0.25) is 0 Å². The van der Waals surface area contributed by atoms with Crippen LogP contribution in [0.5, 0.6) is 0 Å². The van der Waals surface area contributed by atoms with Crippen LogP contribution in [-0.2, 0) is 22.4 Å². The van der Waals surface area contributed by atoms with Crippen LogP contribution in [0.15, 0.2) is 9.05 Å². The van der Waals surface area contributed by atoms with Crippen LogP contribution in [-0.4, -0.2) is 46.7 Å². The lowest BCUT2D eigenvalue weighted by Crippen LogP contribution is -2.43. The van der Waals surface area contributed by atoms with Crippen LogP contribution in [0.4, 0.5) is 0 Å². The van der Waals surface area contributed by atoms with Crippen molar-refractivity contribution >= 4 is 11.8 Å². The van der Waals surface area contributed by atoms with E-state index >= 15 is 0 Å². The van der Waals surface area contributed by atoms with Crippen molar-refractivity contribution in [3.05, 3.63) is 34.0 Å². The van der Waals surface area contributed by atoms with Crippen molar-refractivity contribution < 1.29 is 18.6 Å². The van der Waals surface area contributed by atoms with Crippen molar-refractivity contribution in [2.75, 3.05) is 13.6 Å². The van der Waals surface area contributed by atoms with E-state index in [0.717, 1.165) is 34.0 Å². The number of aryl methyl sites for hydroxylation is 4. The first-order valence-electron chi connectivity index (χ1n) is 9.56. The van der Waals surface area contributed by atoms with Gasteiger partial charge in [0.15, 0.2) is 0 Å². The smallest absolute Gasteiger partial charge is 0.222 e. The third-order valence-electron chi connectivity index (χ3n) is 5.20. The van der Waals surface area contributed by atoms with Crippen LogP contribution in [0, 0.1) is 27.7 Å². The van der Waals surface area contributed by atoms with Gasteiger partial charge in [0, 0.05) is 43.6 Å². The van der Waals surface area contributed by atoms with E-state index in [-0.39, 0.29) is 17.9 Å². The van der Waals surface area contributed by atoms with E-state index in [1.807, 2.05) is 34.6 Å². The summed E-state index contributed by atoms with van der Waals surface area (Å²) in [6.45, 7) is 9.77. The second-order valence-electron chi connectivity index (χ2n) is 7.26. The molecule has 1 atom stereocenters. The molecule has 0 fully saturated rings. The average Bonchev–Trinajstić information content (AvgIpc) is 3.16. The Hall–Kier alpha value is -2.64. The Kier molecular flexibility index (Phi) is 7.37. The van der Waals surface area contributed by atoms with Gasteiger partial charge in [-0.15, -0.1) is 0 Å². The molecule has 1 unspecified atom stereocenters. The van der Waals surface area contributed by atoms with E-state index < -0.39 is 0 Å². The number of hydrogen-bond donors (Lipinski definition) is 1. The predicted octanol–water partition coefficient (Wildman–Crippen LogP) is 2.42. The lowest BCUT2D eigenvalue weighted by molar-refractivity contribution is -0.132. The summed E-state index contributed by atoms with van der Waals surface area (Å²) in [6.07, 6.45) is 1.93. The van der Waals surface area contributed by atoms with Gasteiger partial charge in [-0.1, -0.05) is 10.3 Å². The van der Waals surface area contributed by atoms with Crippen molar-refractivity contribution in [3.8, 4) is 0 Å². The molecule has 2 amide bonds. The summed E-state index contributed by atoms with van der Waals surface area (Å²) in [5.74, 6) is 1.48. The second kappa shape index (κ2) is 9.52. The molecule has 2 heterocycles. The zero-order chi connectivity index (χ0) is 20.8. The molecule has 28 heavy (non-hydrogen) atoms. The molecule has 0 radical (unpaired) electrons. The zero-order valence-electron chi connectivity index (χ0n) is 17.6. The molecule has 0 aromatic carbocycles. The monoisotopic (exact) mass is 390 g/mol. The Balaban J connectivity index is 1.74. The van der Waals surface area contributed by atoms with Gasteiger partial charge in [-0.3, -0.25) is 9.59 Å². The molecule has 0 bridgehead atoms. The van der Waals surface area contributed by atoms with Crippen molar-refractivity contribution in [1.29, 1.82) is 0 Å². The van der Waals surface area contributed by atoms with Gasteiger partial charge in [0.05, 0.1) is 11.4 Å². The van der Waals surface area contributed by atoms with Gasteiger partial charge < -0.3 is 19.3 Å². The molecule has 0 spiro atoms. The fourth-order valence-electron chi connectivity index (χ4n) is 3.10. The van der Waals surface area contributed by atoms with Gasteiger partial charge in [0.1, 0.15) is 11.5 Å². The number of aromatic nitrogens is 2. The molecule has 8 heteroatoms. The lowest BCUT2D eigenvalue weighted by Gasteiger charge is -2.25. The summed E-state index contributed by atoms with van der Waals surface area (Å²) in [5.41, 5.74) is 3.62. The molecule has 8 nitrogen and oxygen atoms in total. The van der Waals surface area contributed by atoms with E-state index in [2.05, 4.69) is 15.6 Å². The van der Waals surface area contributed by atoms with Crippen LogP contribution in [0.1, 0.15) is 53.8 Å². The third-order valence-corrected chi connectivity index (χ3v) is 5.20. The number of likely N-dealkylation sites (N-methyl/N-ethyl adjacent to an activating group) is 1. The summed E-state index contributed by atoms with van der Waals surface area (Å²) in [6, 6.07) is -0.0971. The van der Waals surface area contributed by atoms with Crippen LogP contribution >= 0.6 is 0 Å². The third kappa shape index (κ3) is 5.43. The van der Waals surface area contributed by atoms with Gasteiger partial charge in [-0.05, 0) is 47.5 Å². The molecule has 0 saturated carbocycles. The molecule has 154 valence electrons. The Labute approximate surface area is 165 Å². The van der Waals surface area contributed by atoms with Gasteiger partial charge in [0.2, 0.25) is 11.8 Å². The second-order valence-corrected chi connectivity index (χ2v) is 7.26. The topological polar surface area (TPSA) is 101 Å². The Morgan fingerprint density at radius 3 is 1.93 bits per heavy atom. The maximum absolute atomic E-state index is 12.4. The maximum Gasteiger partial charge on any atom is 0.222 e. The Morgan fingerprint density at radius 1 is 0.964 bits per heavy atom. The minimum absolute atomic E-state index is 0.0254. The van der Waals surface area contributed by atoms with E-state index in [1.54, 1.807) is 11.9 Å². The summed E-state index contributed by atoms with van der Waals surface area (Å²) in [7, 11) is 1.76.